The molecule has 1 aliphatic heterocycles. The lowest BCUT2D eigenvalue weighted by atomic mass is 10.1. The zero-order valence-corrected chi connectivity index (χ0v) is 18.1. The third kappa shape index (κ3) is 4.36. The van der Waals surface area contributed by atoms with E-state index in [1.54, 1.807) is 4.68 Å². The van der Waals surface area contributed by atoms with E-state index in [-0.39, 0.29) is 4.90 Å². The van der Waals surface area contributed by atoms with Crippen molar-refractivity contribution in [3.05, 3.63) is 64.7 Å². The molecule has 0 radical (unpaired) electrons. The van der Waals surface area contributed by atoms with E-state index >= 15 is 0 Å². The Morgan fingerprint density at radius 2 is 1.80 bits per heavy atom. The van der Waals surface area contributed by atoms with Gasteiger partial charge in [-0.2, -0.15) is 9.29 Å². The Hall–Kier alpha value is -2.40. The fourth-order valence-electron chi connectivity index (χ4n) is 3.38. The van der Waals surface area contributed by atoms with Gasteiger partial charge in [-0.05, 0) is 37.3 Å². The molecule has 1 aromatic heterocycles. The van der Waals surface area contributed by atoms with Crippen LogP contribution in [0.3, 0.4) is 0 Å². The van der Waals surface area contributed by atoms with E-state index in [0.29, 0.717) is 43.4 Å². The van der Waals surface area contributed by atoms with Crippen LogP contribution in [-0.2, 0) is 16.7 Å². The lowest BCUT2D eigenvalue weighted by Gasteiger charge is -2.33. The predicted octanol–water partition coefficient (Wildman–Crippen LogP) is 3.02. The largest absolute Gasteiger partial charge is 0.282 e. The van der Waals surface area contributed by atoms with Crippen LogP contribution in [0.5, 0.6) is 0 Å². The van der Waals surface area contributed by atoms with Crippen LogP contribution >= 0.6 is 12.2 Å². The van der Waals surface area contributed by atoms with E-state index < -0.39 is 15.8 Å². The second kappa shape index (κ2) is 8.38. The number of aryl methyl sites for hydroxylation is 1. The fourth-order valence-corrected chi connectivity index (χ4v) is 5.03. The molecule has 0 amide bonds. The third-order valence-corrected chi connectivity index (χ3v) is 7.32. The van der Waals surface area contributed by atoms with Gasteiger partial charge in [-0.3, -0.25) is 10.00 Å². The first kappa shape index (κ1) is 20.9. The van der Waals surface area contributed by atoms with E-state index in [2.05, 4.69) is 15.0 Å². The van der Waals surface area contributed by atoms with Gasteiger partial charge in [0, 0.05) is 31.7 Å². The number of aromatic amines is 1. The average molecular weight is 448 g/mol. The molecule has 0 saturated carbocycles. The Morgan fingerprint density at radius 3 is 2.47 bits per heavy atom. The average Bonchev–Trinajstić information content (AvgIpc) is 3.09. The molecule has 1 aliphatic rings. The van der Waals surface area contributed by atoms with Gasteiger partial charge in [-0.25, -0.2) is 17.5 Å². The Balaban J connectivity index is 1.42. The summed E-state index contributed by atoms with van der Waals surface area (Å²) in [5.41, 5.74) is 2.12. The van der Waals surface area contributed by atoms with Gasteiger partial charge in [0.05, 0.1) is 11.6 Å². The molecular weight excluding hydrogens is 425 g/mol. The summed E-state index contributed by atoms with van der Waals surface area (Å²) in [5.74, 6) is 0.139. The summed E-state index contributed by atoms with van der Waals surface area (Å²) < 4.78 is 42.5. The van der Waals surface area contributed by atoms with Crippen LogP contribution in [0.2, 0.25) is 0 Å². The van der Waals surface area contributed by atoms with Crippen molar-refractivity contribution in [2.24, 2.45) is 0 Å². The molecule has 2 heterocycles. The minimum atomic E-state index is -3.71. The number of halogens is 1. The molecule has 0 bridgehead atoms. The smallest absolute Gasteiger partial charge is 0.243 e. The summed E-state index contributed by atoms with van der Waals surface area (Å²) in [6.45, 7) is 4.24. The van der Waals surface area contributed by atoms with Crippen molar-refractivity contribution in [2.75, 3.05) is 26.2 Å². The minimum absolute atomic E-state index is 0.0190. The monoisotopic (exact) mass is 447 g/mol. The van der Waals surface area contributed by atoms with Crippen molar-refractivity contribution in [2.45, 2.75) is 18.5 Å². The van der Waals surface area contributed by atoms with E-state index in [1.807, 2.05) is 31.2 Å². The summed E-state index contributed by atoms with van der Waals surface area (Å²) in [6, 6.07) is 13.1. The first-order valence-electron chi connectivity index (χ1n) is 9.55. The van der Waals surface area contributed by atoms with E-state index in [4.69, 9.17) is 12.2 Å². The molecule has 1 N–H and O–H groups in total. The number of sulfonamides is 1. The quantitative estimate of drug-likeness (QED) is 0.609. The maximum Gasteiger partial charge on any atom is 0.243 e. The number of nitrogens with zero attached hydrogens (tertiary/aromatic N) is 4. The Kier molecular flexibility index (Phi) is 5.83. The van der Waals surface area contributed by atoms with Gasteiger partial charge in [-0.15, -0.1) is 0 Å². The molecular formula is C20H22FN5O2S2. The first-order valence-corrected chi connectivity index (χ1v) is 11.4. The lowest BCUT2D eigenvalue weighted by molar-refractivity contribution is 0.145. The van der Waals surface area contributed by atoms with Crippen LogP contribution in [0.1, 0.15) is 5.56 Å². The maximum atomic E-state index is 13.4. The SMILES string of the molecule is Cc1ccc(-c2nc(=S)n(CN3CCN(S(=O)(=O)c4cccc(F)c4)CC3)[nH]2)cc1. The van der Waals surface area contributed by atoms with Crippen molar-refractivity contribution in [3.63, 3.8) is 0 Å². The molecule has 4 rings (SSSR count). The number of hydrogen-bond donors (Lipinski definition) is 1. The molecule has 30 heavy (non-hydrogen) atoms. The zero-order valence-electron chi connectivity index (χ0n) is 16.5. The molecule has 1 fully saturated rings. The van der Waals surface area contributed by atoms with Crippen molar-refractivity contribution < 1.29 is 12.8 Å². The lowest BCUT2D eigenvalue weighted by Crippen LogP contribution is -2.48. The second-order valence-corrected chi connectivity index (χ2v) is 9.57. The van der Waals surface area contributed by atoms with Crippen LogP contribution in [-0.4, -0.2) is 58.6 Å². The molecule has 7 nitrogen and oxygen atoms in total. The molecule has 0 aliphatic carbocycles. The molecule has 158 valence electrons. The Labute approximate surface area is 179 Å². The molecule has 0 atom stereocenters. The van der Waals surface area contributed by atoms with Crippen LogP contribution in [0.25, 0.3) is 11.4 Å². The minimum Gasteiger partial charge on any atom is -0.282 e. The molecule has 1 saturated heterocycles. The van der Waals surface area contributed by atoms with Crippen LogP contribution in [0.15, 0.2) is 53.4 Å². The highest BCUT2D eigenvalue weighted by Crippen LogP contribution is 2.19. The van der Waals surface area contributed by atoms with Crippen molar-refractivity contribution in [1.82, 2.24) is 24.0 Å². The summed E-state index contributed by atoms with van der Waals surface area (Å²) >= 11 is 5.38. The standard InChI is InChI=1S/C20H22FN5O2S2/c1-15-5-7-16(8-6-15)19-22-20(29)26(23-19)14-24-9-11-25(12-10-24)30(27,28)18-4-2-3-17(21)13-18/h2-8,13H,9-12,14H2,1H3,(H,22,23,29). The van der Waals surface area contributed by atoms with Crippen LogP contribution < -0.4 is 0 Å². The number of nitrogens with one attached hydrogen (secondary N) is 1. The number of piperazine rings is 1. The van der Waals surface area contributed by atoms with Gasteiger partial charge in [-0.1, -0.05) is 35.9 Å². The summed E-state index contributed by atoms with van der Waals surface area (Å²) in [4.78, 5) is 6.51. The highest BCUT2D eigenvalue weighted by Gasteiger charge is 2.29. The number of hydrogen-bond acceptors (Lipinski definition) is 5. The number of benzene rings is 2. The Bertz CT molecular complexity index is 1200. The number of aromatic nitrogens is 3. The first-order chi connectivity index (χ1) is 14.3. The Morgan fingerprint density at radius 1 is 1.10 bits per heavy atom. The van der Waals surface area contributed by atoms with Gasteiger partial charge in [0.1, 0.15) is 5.82 Å². The van der Waals surface area contributed by atoms with E-state index in [0.717, 1.165) is 11.6 Å². The normalized spacial score (nSPS) is 16.1. The van der Waals surface area contributed by atoms with E-state index in [9.17, 15) is 12.8 Å². The van der Waals surface area contributed by atoms with E-state index in [1.165, 1.54) is 28.1 Å². The second-order valence-electron chi connectivity index (χ2n) is 7.27. The molecule has 3 aromatic rings. The summed E-state index contributed by atoms with van der Waals surface area (Å²) in [6.07, 6.45) is 0. The highest BCUT2D eigenvalue weighted by atomic mass is 32.2. The summed E-state index contributed by atoms with van der Waals surface area (Å²) in [7, 11) is -3.71. The highest BCUT2D eigenvalue weighted by molar-refractivity contribution is 7.89. The number of H-pyrrole nitrogens is 1. The molecule has 0 spiro atoms. The van der Waals surface area contributed by atoms with Crippen molar-refractivity contribution in [1.29, 1.82) is 0 Å². The summed E-state index contributed by atoms with van der Waals surface area (Å²) in [5, 5.41) is 3.22. The van der Waals surface area contributed by atoms with Gasteiger partial charge in [0.25, 0.3) is 0 Å². The molecule has 0 unspecified atom stereocenters. The van der Waals surface area contributed by atoms with Gasteiger partial charge < -0.3 is 0 Å². The maximum absolute atomic E-state index is 13.4. The van der Waals surface area contributed by atoms with Crippen LogP contribution in [0, 0.1) is 17.5 Å². The fraction of sp³-hybridized carbons (Fsp3) is 0.300. The van der Waals surface area contributed by atoms with Crippen molar-refractivity contribution in [3.8, 4) is 11.4 Å². The van der Waals surface area contributed by atoms with Gasteiger partial charge in [0.2, 0.25) is 14.8 Å². The zero-order chi connectivity index (χ0) is 21.3. The third-order valence-electron chi connectivity index (χ3n) is 5.11. The van der Waals surface area contributed by atoms with Gasteiger partial charge in [0.15, 0.2) is 5.82 Å². The molecule has 10 heteroatoms. The number of rotatable bonds is 5. The van der Waals surface area contributed by atoms with Crippen molar-refractivity contribution >= 4 is 22.2 Å². The predicted molar refractivity (Wildman–Crippen MR) is 114 cm³/mol. The topological polar surface area (TPSA) is 74.2 Å². The molecule has 2 aromatic carbocycles. The van der Waals surface area contributed by atoms with Crippen LogP contribution in [0.4, 0.5) is 4.39 Å². The van der Waals surface area contributed by atoms with Gasteiger partial charge >= 0.3 is 0 Å².